The molecule has 108 valence electrons. The fourth-order valence-corrected chi connectivity index (χ4v) is 2.34. The number of ether oxygens (including phenoxy) is 1. The molecule has 0 radical (unpaired) electrons. The normalized spacial score (nSPS) is 10.8. The van der Waals surface area contributed by atoms with Crippen LogP contribution in [0.25, 0.3) is 0 Å². The van der Waals surface area contributed by atoms with Crippen LogP contribution in [-0.2, 0) is 26.6 Å². The summed E-state index contributed by atoms with van der Waals surface area (Å²) in [6, 6.07) is 4.69. The van der Waals surface area contributed by atoms with Crippen molar-refractivity contribution in [1.82, 2.24) is 9.78 Å². The first-order valence-corrected chi connectivity index (χ1v) is 6.76. The van der Waals surface area contributed by atoms with Crippen LogP contribution in [0.15, 0.2) is 18.2 Å². The number of benzene rings is 1. The number of nitrogens with zero attached hydrogens (tertiary/aromatic N) is 2. The third-order valence-corrected chi connectivity index (χ3v) is 3.56. The highest BCUT2D eigenvalue weighted by atomic mass is 35.5. The highest BCUT2D eigenvalue weighted by molar-refractivity contribution is 6.31. The number of aromatic nitrogens is 2. The number of nitrogens with two attached hydrogens (primary N) is 1. The highest BCUT2D eigenvalue weighted by Crippen LogP contribution is 2.26. The molecule has 0 amide bonds. The van der Waals surface area contributed by atoms with E-state index < -0.39 is 5.82 Å². The maximum absolute atomic E-state index is 13.8. The molecule has 1 heterocycles. The molecule has 2 N–H and O–H groups in total. The summed E-state index contributed by atoms with van der Waals surface area (Å²) in [5.74, 6) is -0.257. The summed E-state index contributed by atoms with van der Waals surface area (Å²) < 4.78 is 21.0. The van der Waals surface area contributed by atoms with E-state index >= 15 is 0 Å². The van der Waals surface area contributed by atoms with Gasteiger partial charge in [-0.1, -0.05) is 30.7 Å². The SMILES string of the molecule is CCc1nn(C)c(COc2c(F)cccc2CN)c1Cl. The molecule has 0 aliphatic rings. The maximum atomic E-state index is 13.8. The smallest absolute Gasteiger partial charge is 0.165 e. The van der Waals surface area contributed by atoms with Crippen LogP contribution < -0.4 is 10.5 Å². The van der Waals surface area contributed by atoms with E-state index in [4.69, 9.17) is 22.1 Å². The molecular formula is C14H17ClFN3O. The van der Waals surface area contributed by atoms with Crippen LogP contribution in [0.5, 0.6) is 5.75 Å². The Bertz CT molecular complexity index is 613. The lowest BCUT2D eigenvalue weighted by Crippen LogP contribution is -2.07. The zero-order valence-corrected chi connectivity index (χ0v) is 12.2. The van der Waals surface area contributed by atoms with Gasteiger partial charge < -0.3 is 10.5 Å². The number of hydrogen-bond acceptors (Lipinski definition) is 3. The Morgan fingerprint density at radius 2 is 2.20 bits per heavy atom. The van der Waals surface area contributed by atoms with Gasteiger partial charge in [0.1, 0.15) is 6.61 Å². The van der Waals surface area contributed by atoms with Crippen LogP contribution in [0.3, 0.4) is 0 Å². The average molecular weight is 298 g/mol. The van der Waals surface area contributed by atoms with Crippen molar-refractivity contribution in [3.8, 4) is 5.75 Å². The Morgan fingerprint density at radius 1 is 1.45 bits per heavy atom. The summed E-state index contributed by atoms with van der Waals surface area (Å²) in [7, 11) is 1.79. The zero-order chi connectivity index (χ0) is 14.7. The summed E-state index contributed by atoms with van der Waals surface area (Å²) in [6.45, 7) is 2.34. The van der Waals surface area contributed by atoms with Crippen LogP contribution in [0.2, 0.25) is 5.02 Å². The molecule has 1 aromatic carbocycles. The zero-order valence-electron chi connectivity index (χ0n) is 11.5. The van der Waals surface area contributed by atoms with E-state index in [0.29, 0.717) is 10.6 Å². The van der Waals surface area contributed by atoms with Crippen molar-refractivity contribution in [3.05, 3.63) is 46.0 Å². The van der Waals surface area contributed by atoms with Gasteiger partial charge in [0, 0.05) is 19.2 Å². The summed E-state index contributed by atoms with van der Waals surface area (Å²) >= 11 is 6.23. The highest BCUT2D eigenvalue weighted by Gasteiger charge is 2.15. The number of para-hydroxylation sites is 1. The third kappa shape index (κ3) is 2.78. The standard InChI is InChI=1S/C14H17ClFN3O/c1-3-11-13(15)12(19(2)18-11)8-20-14-9(7-17)5-4-6-10(14)16/h4-6H,3,7-8,17H2,1-2H3. The lowest BCUT2D eigenvalue weighted by Gasteiger charge is -2.11. The lowest BCUT2D eigenvalue weighted by molar-refractivity contribution is 0.277. The van der Waals surface area contributed by atoms with Gasteiger partial charge in [0.15, 0.2) is 11.6 Å². The molecule has 20 heavy (non-hydrogen) atoms. The second-order valence-corrected chi connectivity index (χ2v) is 4.78. The van der Waals surface area contributed by atoms with E-state index in [1.165, 1.54) is 6.07 Å². The van der Waals surface area contributed by atoms with Gasteiger partial charge in [0.25, 0.3) is 0 Å². The number of aryl methyl sites for hydroxylation is 2. The third-order valence-electron chi connectivity index (χ3n) is 3.12. The molecule has 4 nitrogen and oxygen atoms in total. The second kappa shape index (κ2) is 6.24. The maximum Gasteiger partial charge on any atom is 0.165 e. The summed E-state index contributed by atoms with van der Waals surface area (Å²) in [5, 5.41) is 4.86. The van der Waals surface area contributed by atoms with Gasteiger partial charge in [-0.15, -0.1) is 0 Å². The predicted molar refractivity (Wildman–Crippen MR) is 76.2 cm³/mol. The van der Waals surface area contributed by atoms with E-state index in [1.807, 2.05) is 6.92 Å². The second-order valence-electron chi connectivity index (χ2n) is 4.41. The van der Waals surface area contributed by atoms with Crippen LogP contribution >= 0.6 is 11.6 Å². The minimum atomic E-state index is -0.429. The molecule has 0 saturated carbocycles. The first-order valence-electron chi connectivity index (χ1n) is 6.39. The minimum Gasteiger partial charge on any atom is -0.484 e. The van der Waals surface area contributed by atoms with E-state index in [9.17, 15) is 4.39 Å². The fourth-order valence-electron chi connectivity index (χ4n) is 1.99. The number of rotatable bonds is 5. The Labute approximate surface area is 122 Å². The largest absolute Gasteiger partial charge is 0.484 e. The lowest BCUT2D eigenvalue weighted by atomic mass is 10.2. The van der Waals surface area contributed by atoms with Crippen molar-refractivity contribution >= 4 is 11.6 Å². The van der Waals surface area contributed by atoms with Crippen molar-refractivity contribution in [3.63, 3.8) is 0 Å². The molecule has 1 aromatic heterocycles. The molecule has 6 heteroatoms. The average Bonchev–Trinajstić information content (AvgIpc) is 2.72. The van der Waals surface area contributed by atoms with Crippen LogP contribution in [-0.4, -0.2) is 9.78 Å². The Hall–Kier alpha value is -1.59. The van der Waals surface area contributed by atoms with Crippen molar-refractivity contribution in [2.75, 3.05) is 0 Å². The number of halogens is 2. The molecule has 0 saturated heterocycles. The van der Waals surface area contributed by atoms with Gasteiger partial charge in [0.05, 0.1) is 16.4 Å². The molecule has 0 aliphatic heterocycles. The van der Waals surface area contributed by atoms with E-state index in [-0.39, 0.29) is 18.9 Å². The van der Waals surface area contributed by atoms with Gasteiger partial charge >= 0.3 is 0 Å². The van der Waals surface area contributed by atoms with Gasteiger partial charge in [-0.05, 0) is 12.5 Å². The Kier molecular flexibility index (Phi) is 4.62. The van der Waals surface area contributed by atoms with E-state index in [0.717, 1.165) is 17.8 Å². The number of hydrogen-bond donors (Lipinski definition) is 1. The van der Waals surface area contributed by atoms with Crippen LogP contribution in [0, 0.1) is 5.82 Å². The summed E-state index contributed by atoms with van der Waals surface area (Å²) in [6.07, 6.45) is 0.737. The molecule has 0 atom stereocenters. The molecule has 2 aromatic rings. The Balaban J connectivity index is 2.23. The van der Waals surface area contributed by atoms with Crippen LogP contribution in [0.1, 0.15) is 23.9 Å². The van der Waals surface area contributed by atoms with Crippen molar-refractivity contribution in [1.29, 1.82) is 0 Å². The molecule has 0 unspecified atom stereocenters. The summed E-state index contributed by atoms with van der Waals surface area (Å²) in [4.78, 5) is 0. The minimum absolute atomic E-state index is 0.149. The molecule has 0 bridgehead atoms. The molecule has 0 aliphatic carbocycles. The fraction of sp³-hybridized carbons (Fsp3) is 0.357. The molecular weight excluding hydrogens is 281 g/mol. The van der Waals surface area contributed by atoms with Crippen molar-refractivity contribution in [2.24, 2.45) is 12.8 Å². The molecule has 2 rings (SSSR count). The van der Waals surface area contributed by atoms with Crippen molar-refractivity contribution < 1.29 is 9.13 Å². The molecule has 0 fully saturated rings. The first-order chi connectivity index (χ1) is 9.58. The topological polar surface area (TPSA) is 53.1 Å². The van der Waals surface area contributed by atoms with Gasteiger partial charge in [-0.3, -0.25) is 4.68 Å². The first kappa shape index (κ1) is 14.8. The van der Waals surface area contributed by atoms with E-state index in [2.05, 4.69) is 5.10 Å². The summed E-state index contributed by atoms with van der Waals surface area (Å²) in [5.41, 5.74) is 7.73. The quantitative estimate of drug-likeness (QED) is 0.923. The monoisotopic (exact) mass is 297 g/mol. The van der Waals surface area contributed by atoms with Crippen LogP contribution in [0.4, 0.5) is 4.39 Å². The van der Waals surface area contributed by atoms with Crippen molar-refractivity contribution in [2.45, 2.75) is 26.5 Å². The van der Waals surface area contributed by atoms with E-state index in [1.54, 1.807) is 23.9 Å². The predicted octanol–water partition coefficient (Wildman–Crippen LogP) is 2.81. The van der Waals surface area contributed by atoms with Gasteiger partial charge in [-0.2, -0.15) is 5.10 Å². The Morgan fingerprint density at radius 3 is 2.80 bits per heavy atom. The van der Waals surface area contributed by atoms with Gasteiger partial charge in [-0.25, -0.2) is 4.39 Å². The molecule has 0 spiro atoms. The van der Waals surface area contributed by atoms with Gasteiger partial charge in [0.2, 0.25) is 0 Å².